The summed E-state index contributed by atoms with van der Waals surface area (Å²) in [5.41, 5.74) is 0. The molecule has 0 saturated heterocycles. The van der Waals surface area contributed by atoms with Crippen LogP contribution in [0.1, 0.15) is 0 Å². The van der Waals surface area contributed by atoms with Gasteiger partial charge in [0.2, 0.25) is 0 Å². The van der Waals surface area contributed by atoms with Crippen molar-refractivity contribution in [1.82, 2.24) is 0 Å². The molecule has 0 rings (SSSR count). The second kappa shape index (κ2) is 29.5. The summed E-state index contributed by atoms with van der Waals surface area (Å²) in [7, 11) is -5.39. The van der Waals surface area contributed by atoms with Crippen LogP contribution in [0.2, 0.25) is 0 Å². The smallest absolute Gasteiger partial charge is 0.822 e. The average molecular weight is 255 g/mol. The van der Waals surface area contributed by atoms with Crippen molar-refractivity contribution < 1.29 is 148 Å². The third kappa shape index (κ3) is 136. The molecule has 0 spiro atoms. The van der Waals surface area contributed by atoms with Crippen molar-refractivity contribution in [2.24, 2.45) is 0 Å². The van der Waals surface area contributed by atoms with Gasteiger partial charge in [-0.2, -0.15) is 7.82 Å². The number of hydrogen-bond acceptors (Lipinski definition) is 5. The maximum absolute atomic E-state index is 8.55. The fourth-order valence-corrected chi connectivity index (χ4v) is 0. The Morgan fingerprint density at radius 1 is 0.833 bits per heavy atom. The molecule has 0 aromatic carbocycles. The Labute approximate surface area is 164 Å². The van der Waals surface area contributed by atoms with Crippen LogP contribution in [0.15, 0.2) is 0 Å². The SMILES string of the molecule is O=P([O-])([O-])[O-].[Na+].[Na+].[Na+].[Na+].[O-]Cl.[OH]. The number of hydrogen-bond donors (Lipinski definition) is 1. The zero-order valence-corrected chi connectivity index (χ0v) is 17.0. The Balaban J connectivity index is -0.00000000671. The normalized spacial score (nSPS) is 5.42. The first-order chi connectivity index (χ1) is 3.00. The standard InChI is InChI=1S/ClO.4Na.H3O4P.HO/c1-2;;;;;1-5(2,3)4;/h;;;;;(H3,1,2,3,4);1H/q-1;4*+1;;/p-3. The van der Waals surface area contributed by atoms with E-state index in [1.807, 2.05) is 0 Å². The van der Waals surface area contributed by atoms with E-state index in [9.17, 15) is 0 Å². The molecule has 0 aromatic rings. The van der Waals surface area contributed by atoms with Gasteiger partial charge in [-0.1, -0.05) is 0 Å². The fourth-order valence-electron chi connectivity index (χ4n) is 0. The van der Waals surface area contributed by atoms with Crippen molar-refractivity contribution >= 4 is 19.7 Å². The maximum atomic E-state index is 8.55. The molecule has 6 nitrogen and oxygen atoms in total. The van der Waals surface area contributed by atoms with Gasteiger partial charge in [-0.05, 0) is 0 Å². The summed E-state index contributed by atoms with van der Waals surface area (Å²) in [5, 5.41) is 0. The Hall–Kier alpha value is 4.32. The predicted molar refractivity (Wildman–Crippen MR) is 15.4 cm³/mol. The molecule has 0 amide bonds. The Kier molecular flexibility index (Phi) is 108. The van der Waals surface area contributed by atoms with Crippen LogP contribution in [-0.2, 0) is 4.57 Å². The summed E-state index contributed by atoms with van der Waals surface area (Å²) in [6, 6.07) is 0. The van der Waals surface area contributed by atoms with Crippen LogP contribution >= 0.6 is 19.7 Å². The van der Waals surface area contributed by atoms with Crippen molar-refractivity contribution in [3.8, 4) is 0 Å². The first kappa shape index (κ1) is 44.1. The molecule has 0 aliphatic carbocycles. The molecule has 0 bridgehead atoms. The third-order valence-corrected chi connectivity index (χ3v) is 0. The molecule has 0 saturated carbocycles. The van der Waals surface area contributed by atoms with Gasteiger partial charge in [0.15, 0.2) is 0 Å². The van der Waals surface area contributed by atoms with E-state index in [4.69, 9.17) is 23.9 Å². The Morgan fingerprint density at radius 2 is 0.833 bits per heavy atom. The molecular formula is HClNa4O6P. The van der Waals surface area contributed by atoms with E-state index in [0.29, 0.717) is 0 Å². The predicted octanol–water partition coefficient (Wildman–Crippen LogP) is -15.5. The van der Waals surface area contributed by atoms with Crippen LogP contribution in [0.3, 0.4) is 0 Å². The summed E-state index contributed by atoms with van der Waals surface area (Å²) in [5.74, 6) is 0. The maximum Gasteiger partial charge on any atom is 1.00 e. The monoisotopic (exact) mass is 255 g/mol. The molecule has 0 unspecified atom stereocenters. The fraction of sp³-hybridized carbons (Fsp3) is 0. The summed E-state index contributed by atoms with van der Waals surface area (Å²) in [6.45, 7) is 0. The molecule has 0 atom stereocenters. The van der Waals surface area contributed by atoms with Crippen LogP contribution < -0.4 is 138 Å². The van der Waals surface area contributed by atoms with Gasteiger partial charge in [0, 0.05) is 0 Å². The molecule has 0 aliphatic heterocycles. The zero-order valence-electron chi connectivity index (χ0n) is 7.31. The first-order valence-corrected chi connectivity index (χ1v) is 2.65. The number of halogens is 1. The zero-order chi connectivity index (χ0) is 6.50. The quantitative estimate of drug-likeness (QED) is 0.338. The van der Waals surface area contributed by atoms with Crippen molar-refractivity contribution in [2.45, 2.75) is 0 Å². The minimum absolute atomic E-state index is 0. The molecule has 53 valence electrons. The van der Waals surface area contributed by atoms with E-state index in [0.717, 1.165) is 0 Å². The Bertz CT molecular complexity index is 65.7. The van der Waals surface area contributed by atoms with Crippen LogP contribution in [-0.4, -0.2) is 5.48 Å². The van der Waals surface area contributed by atoms with Gasteiger partial charge < -0.3 is 23.9 Å². The second-order valence-electron chi connectivity index (χ2n) is 0.447. The van der Waals surface area contributed by atoms with Crippen molar-refractivity contribution in [1.29, 1.82) is 0 Å². The average Bonchev–Trinajstić information content (AvgIpc) is 1.36. The third-order valence-electron chi connectivity index (χ3n) is 0. The van der Waals surface area contributed by atoms with Gasteiger partial charge in [-0.3, -0.25) is 5.48 Å². The minimum atomic E-state index is -5.39. The molecule has 0 heterocycles. The largest absolute Gasteiger partial charge is 1.00 e. The van der Waals surface area contributed by atoms with Gasteiger partial charge >= 0.3 is 118 Å². The van der Waals surface area contributed by atoms with E-state index in [1.165, 1.54) is 0 Å². The van der Waals surface area contributed by atoms with Crippen molar-refractivity contribution in [3.05, 3.63) is 0 Å². The van der Waals surface area contributed by atoms with Gasteiger partial charge in [0.1, 0.15) is 0 Å². The second-order valence-corrected chi connectivity index (χ2v) is 1.34. The summed E-state index contributed by atoms with van der Waals surface area (Å²) in [4.78, 5) is 25.6. The van der Waals surface area contributed by atoms with E-state index in [-0.39, 0.29) is 124 Å². The summed E-state index contributed by atoms with van der Waals surface area (Å²) >= 11 is 3.39. The Morgan fingerprint density at radius 3 is 0.833 bits per heavy atom. The van der Waals surface area contributed by atoms with Crippen molar-refractivity contribution in [3.63, 3.8) is 0 Å². The molecule has 0 aliphatic rings. The van der Waals surface area contributed by atoms with E-state index in [2.05, 4.69) is 11.9 Å². The van der Waals surface area contributed by atoms with Crippen LogP contribution in [0.25, 0.3) is 0 Å². The van der Waals surface area contributed by atoms with E-state index >= 15 is 0 Å². The van der Waals surface area contributed by atoms with E-state index in [1.54, 1.807) is 0 Å². The summed E-state index contributed by atoms with van der Waals surface area (Å²) < 4.78 is 16.3. The number of phosphoric acid groups is 1. The molecule has 12 heteroatoms. The van der Waals surface area contributed by atoms with Crippen LogP contribution in [0.5, 0.6) is 0 Å². The van der Waals surface area contributed by atoms with Crippen molar-refractivity contribution in [2.75, 3.05) is 0 Å². The molecular weight excluding hydrogens is 254 g/mol. The van der Waals surface area contributed by atoms with E-state index < -0.39 is 7.82 Å². The number of rotatable bonds is 0. The molecule has 0 fully saturated rings. The van der Waals surface area contributed by atoms with Crippen LogP contribution in [0, 0.1) is 0 Å². The van der Waals surface area contributed by atoms with Gasteiger partial charge in [-0.25, -0.2) is 11.9 Å². The topological polar surface area (TPSA) is 139 Å². The molecule has 1 N–H and O–H groups in total. The van der Waals surface area contributed by atoms with Gasteiger partial charge in [-0.15, -0.1) is 0 Å². The van der Waals surface area contributed by atoms with Gasteiger partial charge in [0.05, 0.1) is 0 Å². The molecule has 0 aromatic heterocycles. The van der Waals surface area contributed by atoms with Crippen LogP contribution in [0.4, 0.5) is 0 Å². The molecule has 12 heavy (non-hydrogen) atoms. The molecule has 1 radical (unpaired) electrons. The first-order valence-electron chi connectivity index (χ1n) is 0.885. The van der Waals surface area contributed by atoms with Gasteiger partial charge in [0.25, 0.3) is 0 Å². The summed E-state index contributed by atoms with van der Waals surface area (Å²) in [6.07, 6.45) is 0. The minimum Gasteiger partial charge on any atom is -0.822 e.